The van der Waals surface area contributed by atoms with Crippen LogP contribution in [0.25, 0.3) is 0 Å². The minimum atomic E-state index is 0.0729. The topological polar surface area (TPSA) is 56.7 Å². The number of methoxy groups -OCH3 is 2. The number of nitrogens with zero attached hydrogens (tertiary/aromatic N) is 3. The fourth-order valence-corrected chi connectivity index (χ4v) is 3.60. The Hall–Kier alpha value is -1.40. The lowest BCUT2D eigenvalue weighted by atomic mass is 9.73. The van der Waals surface area contributed by atoms with Crippen LogP contribution in [0.3, 0.4) is 0 Å². The zero-order valence-electron chi connectivity index (χ0n) is 12.7. The summed E-state index contributed by atoms with van der Waals surface area (Å²) in [5.74, 6) is 1.52. The molecule has 0 N–H and O–H groups in total. The summed E-state index contributed by atoms with van der Waals surface area (Å²) >= 11 is 0. The van der Waals surface area contributed by atoms with E-state index < -0.39 is 0 Å². The molecule has 6 heteroatoms. The number of rotatable bonds is 4. The molecule has 3 heterocycles. The lowest BCUT2D eigenvalue weighted by Gasteiger charge is -2.50. The van der Waals surface area contributed by atoms with Crippen molar-refractivity contribution in [1.82, 2.24) is 9.97 Å². The fraction of sp³-hybridized carbons (Fsp3) is 0.733. The molecule has 0 saturated carbocycles. The minimum absolute atomic E-state index is 0.0729. The summed E-state index contributed by atoms with van der Waals surface area (Å²) in [6.07, 6.45) is 5.10. The van der Waals surface area contributed by atoms with Gasteiger partial charge in [-0.2, -0.15) is 0 Å². The van der Waals surface area contributed by atoms with E-state index in [4.69, 9.17) is 14.2 Å². The highest BCUT2D eigenvalue weighted by atomic mass is 16.5. The zero-order valence-corrected chi connectivity index (χ0v) is 12.7. The Kier molecular flexibility index (Phi) is 4.26. The van der Waals surface area contributed by atoms with Crippen molar-refractivity contribution >= 4 is 5.82 Å². The van der Waals surface area contributed by atoms with Gasteiger partial charge in [0.25, 0.3) is 0 Å². The molecule has 2 unspecified atom stereocenters. The van der Waals surface area contributed by atoms with Gasteiger partial charge in [0.15, 0.2) is 0 Å². The molecule has 1 aromatic rings. The summed E-state index contributed by atoms with van der Waals surface area (Å²) in [4.78, 5) is 10.8. The Morgan fingerprint density at radius 1 is 1.43 bits per heavy atom. The summed E-state index contributed by atoms with van der Waals surface area (Å²) < 4.78 is 16.7. The predicted molar refractivity (Wildman–Crippen MR) is 78.7 cm³/mol. The van der Waals surface area contributed by atoms with Gasteiger partial charge >= 0.3 is 0 Å². The van der Waals surface area contributed by atoms with Crippen molar-refractivity contribution in [2.24, 2.45) is 5.41 Å². The Morgan fingerprint density at radius 2 is 2.33 bits per heavy atom. The first kappa shape index (κ1) is 14.5. The van der Waals surface area contributed by atoms with Crippen LogP contribution in [0.4, 0.5) is 5.82 Å². The highest BCUT2D eigenvalue weighted by Crippen LogP contribution is 2.41. The van der Waals surface area contributed by atoms with Gasteiger partial charge < -0.3 is 19.1 Å². The summed E-state index contributed by atoms with van der Waals surface area (Å²) in [5.41, 5.74) is 0.0729. The van der Waals surface area contributed by atoms with Crippen molar-refractivity contribution in [2.45, 2.75) is 25.4 Å². The van der Waals surface area contributed by atoms with E-state index in [1.54, 1.807) is 20.5 Å². The van der Waals surface area contributed by atoms with E-state index in [0.29, 0.717) is 12.0 Å². The van der Waals surface area contributed by atoms with E-state index in [-0.39, 0.29) is 5.41 Å². The molecule has 3 rings (SSSR count). The number of ether oxygens (including phenoxy) is 3. The molecule has 0 spiro atoms. The Labute approximate surface area is 125 Å². The lowest BCUT2D eigenvalue weighted by molar-refractivity contribution is -0.119. The van der Waals surface area contributed by atoms with Gasteiger partial charge in [0.1, 0.15) is 12.1 Å². The molecule has 0 radical (unpaired) electrons. The van der Waals surface area contributed by atoms with Crippen LogP contribution in [0.1, 0.15) is 19.3 Å². The van der Waals surface area contributed by atoms with Crippen molar-refractivity contribution in [2.75, 3.05) is 45.4 Å². The van der Waals surface area contributed by atoms with E-state index in [1.165, 1.54) is 0 Å². The predicted octanol–water partition coefficient (Wildman–Crippen LogP) is 1.51. The zero-order chi connectivity index (χ0) is 14.7. The molecule has 116 valence electrons. The maximum Gasteiger partial charge on any atom is 0.218 e. The van der Waals surface area contributed by atoms with Gasteiger partial charge in [-0.05, 0) is 19.3 Å². The van der Waals surface area contributed by atoms with E-state index in [2.05, 4.69) is 14.9 Å². The van der Waals surface area contributed by atoms with Gasteiger partial charge in [0.2, 0.25) is 5.88 Å². The third-order valence-corrected chi connectivity index (χ3v) is 4.58. The van der Waals surface area contributed by atoms with Crippen LogP contribution >= 0.6 is 0 Å². The van der Waals surface area contributed by atoms with Crippen LogP contribution in [-0.4, -0.2) is 56.6 Å². The lowest BCUT2D eigenvalue weighted by Crippen LogP contribution is -2.57. The second-order valence-corrected chi connectivity index (χ2v) is 5.89. The maximum atomic E-state index is 6.00. The molecule has 2 saturated heterocycles. The number of anilines is 1. The largest absolute Gasteiger partial charge is 0.481 e. The fourth-order valence-electron chi connectivity index (χ4n) is 3.60. The third-order valence-electron chi connectivity index (χ3n) is 4.58. The van der Waals surface area contributed by atoms with Crippen molar-refractivity contribution in [3.05, 3.63) is 12.4 Å². The van der Waals surface area contributed by atoms with Crippen LogP contribution in [0, 0.1) is 5.41 Å². The van der Waals surface area contributed by atoms with Crippen LogP contribution in [0.5, 0.6) is 5.88 Å². The SMILES string of the molecule is COCC12CCCOC1CCN(c1cc(OC)ncn1)C2. The van der Waals surface area contributed by atoms with Crippen LogP contribution in [0.2, 0.25) is 0 Å². The Morgan fingerprint density at radius 3 is 3.14 bits per heavy atom. The van der Waals surface area contributed by atoms with Gasteiger partial charge in [-0.3, -0.25) is 0 Å². The van der Waals surface area contributed by atoms with Gasteiger partial charge in [-0.25, -0.2) is 9.97 Å². The molecule has 6 nitrogen and oxygen atoms in total. The highest BCUT2D eigenvalue weighted by Gasteiger charge is 2.46. The first-order valence-corrected chi connectivity index (χ1v) is 7.49. The molecule has 2 fully saturated rings. The van der Waals surface area contributed by atoms with Crippen molar-refractivity contribution in [1.29, 1.82) is 0 Å². The number of hydrogen-bond acceptors (Lipinski definition) is 6. The average molecular weight is 293 g/mol. The minimum Gasteiger partial charge on any atom is -0.481 e. The van der Waals surface area contributed by atoms with Crippen LogP contribution in [0.15, 0.2) is 12.4 Å². The quantitative estimate of drug-likeness (QED) is 0.838. The number of piperidine rings is 1. The second-order valence-electron chi connectivity index (χ2n) is 5.89. The van der Waals surface area contributed by atoms with Gasteiger partial charge in [0.05, 0.1) is 19.8 Å². The van der Waals surface area contributed by atoms with E-state index in [0.717, 1.165) is 51.4 Å². The smallest absolute Gasteiger partial charge is 0.218 e. The standard InChI is InChI=1S/C15H23N3O3/c1-19-10-15-5-3-7-21-12(15)4-6-18(9-15)13-8-14(20-2)17-11-16-13/h8,11-12H,3-7,9-10H2,1-2H3. The molecule has 21 heavy (non-hydrogen) atoms. The summed E-state index contributed by atoms with van der Waals surface area (Å²) in [7, 11) is 3.40. The molecular formula is C15H23N3O3. The molecular weight excluding hydrogens is 270 g/mol. The molecule has 0 bridgehead atoms. The highest BCUT2D eigenvalue weighted by molar-refractivity contribution is 5.42. The summed E-state index contributed by atoms with van der Waals surface area (Å²) in [5, 5.41) is 0. The van der Waals surface area contributed by atoms with Gasteiger partial charge in [-0.1, -0.05) is 0 Å². The molecule has 2 aliphatic rings. The van der Waals surface area contributed by atoms with E-state index in [9.17, 15) is 0 Å². The van der Waals surface area contributed by atoms with Crippen molar-refractivity contribution < 1.29 is 14.2 Å². The third kappa shape index (κ3) is 2.82. The van der Waals surface area contributed by atoms with Crippen LogP contribution < -0.4 is 9.64 Å². The molecule has 1 aromatic heterocycles. The molecule has 2 atom stereocenters. The van der Waals surface area contributed by atoms with E-state index in [1.807, 2.05) is 6.07 Å². The number of aromatic nitrogens is 2. The number of fused-ring (bicyclic) bond motifs is 1. The first-order chi connectivity index (χ1) is 10.3. The van der Waals surface area contributed by atoms with Crippen molar-refractivity contribution in [3.8, 4) is 5.88 Å². The van der Waals surface area contributed by atoms with Gasteiger partial charge in [-0.15, -0.1) is 0 Å². The van der Waals surface area contributed by atoms with Crippen LogP contribution in [-0.2, 0) is 9.47 Å². The monoisotopic (exact) mass is 293 g/mol. The Balaban J connectivity index is 1.81. The van der Waals surface area contributed by atoms with E-state index >= 15 is 0 Å². The normalized spacial score (nSPS) is 29.0. The summed E-state index contributed by atoms with van der Waals surface area (Å²) in [6.45, 7) is 3.45. The maximum absolute atomic E-state index is 6.00. The molecule has 0 aliphatic carbocycles. The second kappa shape index (κ2) is 6.15. The van der Waals surface area contributed by atoms with Gasteiger partial charge in [0, 0.05) is 38.3 Å². The van der Waals surface area contributed by atoms with Crippen molar-refractivity contribution in [3.63, 3.8) is 0 Å². The average Bonchev–Trinajstić information content (AvgIpc) is 2.54. The molecule has 0 aromatic carbocycles. The summed E-state index contributed by atoms with van der Waals surface area (Å²) in [6, 6.07) is 1.89. The molecule has 2 aliphatic heterocycles. The Bertz CT molecular complexity index is 481. The number of hydrogen-bond donors (Lipinski definition) is 0. The molecule has 0 amide bonds. The first-order valence-electron chi connectivity index (χ1n) is 7.49.